The summed E-state index contributed by atoms with van der Waals surface area (Å²) in [5, 5.41) is 0.122. The van der Waals surface area contributed by atoms with Crippen LogP contribution in [-0.4, -0.2) is 26.1 Å². The van der Waals surface area contributed by atoms with Crippen molar-refractivity contribution in [1.82, 2.24) is 0 Å². The second kappa shape index (κ2) is 6.43. The predicted molar refractivity (Wildman–Crippen MR) is 106 cm³/mol. The molecule has 0 N–H and O–H groups in total. The highest BCUT2D eigenvalue weighted by Crippen LogP contribution is 2.73. The van der Waals surface area contributed by atoms with Crippen molar-refractivity contribution in [2.45, 2.75) is 49.0 Å². The lowest BCUT2D eigenvalue weighted by molar-refractivity contribution is -0.178. The minimum atomic E-state index is -0.332. The molecule has 0 radical (unpaired) electrons. The largest absolute Gasteiger partial charge is 0.464 e. The average molecular weight is 376 g/mol. The van der Waals surface area contributed by atoms with Gasteiger partial charge in [0, 0.05) is 18.2 Å². The molecule has 6 rings (SSSR count). The standard InChI is InChI=1S/C23H25BO4/c1-3-7-17(8-4-1)20-21(18-9-5-2-6-10-18)28-24(27-20)22-11-12-23(16-19(22)15-22)25-13-14-26-23/h1-10,19-21H,11-16H2/t19-,20-,21-,22+/m0/s1. The van der Waals surface area contributed by atoms with Gasteiger partial charge >= 0.3 is 7.12 Å². The Morgan fingerprint density at radius 3 is 1.82 bits per heavy atom. The number of hydrogen-bond acceptors (Lipinski definition) is 4. The summed E-state index contributed by atoms with van der Waals surface area (Å²) >= 11 is 0. The number of ether oxygens (including phenoxy) is 2. The van der Waals surface area contributed by atoms with E-state index in [1.165, 1.54) is 11.1 Å². The van der Waals surface area contributed by atoms with Crippen LogP contribution in [0.1, 0.15) is 49.0 Å². The maximum absolute atomic E-state index is 6.65. The molecule has 2 saturated heterocycles. The van der Waals surface area contributed by atoms with Crippen LogP contribution in [0.3, 0.4) is 0 Å². The molecule has 0 unspecified atom stereocenters. The molecule has 4 nitrogen and oxygen atoms in total. The van der Waals surface area contributed by atoms with Gasteiger partial charge in [-0.1, -0.05) is 60.7 Å². The molecular formula is C23H25BO4. The van der Waals surface area contributed by atoms with E-state index in [1.807, 2.05) is 12.1 Å². The molecular weight excluding hydrogens is 351 g/mol. The molecule has 1 spiro atoms. The zero-order chi connectivity index (χ0) is 18.6. The third kappa shape index (κ3) is 2.68. The van der Waals surface area contributed by atoms with E-state index in [-0.39, 0.29) is 30.4 Å². The molecule has 2 aromatic carbocycles. The Bertz CT molecular complexity index is 791. The zero-order valence-electron chi connectivity index (χ0n) is 16.0. The third-order valence-corrected chi connectivity index (χ3v) is 7.16. The van der Waals surface area contributed by atoms with Gasteiger partial charge < -0.3 is 18.8 Å². The molecule has 2 saturated carbocycles. The van der Waals surface area contributed by atoms with E-state index in [0.29, 0.717) is 5.92 Å². The highest BCUT2D eigenvalue weighted by atomic mass is 16.7. The highest BCUT2D eigenvalue weighted by molar-refractivity contribution is 6.51. The fraction of sp³-hybridized carbons (Fsp3) is 0.478. The maximum atomic E-state index is 6.65. The molecule has 5 heteroatoms. The molecule has 28 heavy (non-hydrogen) atoms. The van der Waals surface area contributed by atoms with Gasteiger partial charge in [0.05, 0.1) is 25.4 Å². The van der Waals surface area contributed by atoms with E-state index in [4.69, 9.17) is 18.8 Å². The molecule has 4 aliphatic rings. The van der Waals surface area contributed by atoms with Gasteiger partial charge in [-0.15, -0.1) is 0 Å². The van der Waals surface area contributed by atoms with Crippen molar-refractivity contribution < 1.29 is 18.8 Å². The topological polar surface area (TPSA) is 36.9 Å². The number of rotatable bonds is 3. The molecule has 0 bridgehead atoms. The van der Waals surface area contributed by atoms with E-state index >= 15 is 0 Å². The lowest BCUT2D eigenvalue weighted by Crippen LogP contribution is -2.39. The molecule has 2 aromatic rings. The second-order valence-electron chi connectivity index (χ2n) is 8.71. The van der Waals surface area contributed by atoms with Crippen LogP contribution in [0, 0.1) is 5.92 Å². The molecule has 144 valence electrons. The molecule has 4 atom stereocenters. The van der Waals surface area contributed by atoms with Gasteiger partial charge in [-0.25, -0.2) is 0 Å². The number of benzene rings is 2. The average Bonchev–Trinajstić information content (AvgIpc) is 3.07. The van der Waals surface area contributed by atoms with Crippen molar-refractivity contribution in [2.75, 3.05) is 13.2 Å². The van der Waals surface area contributed by atoms with Crippen LogP contribution >= 0.6 is 0 Å². The van der Waals surface area contributed by atoms with Crippen LogP contribution in [0.25, 0.3) is 0 Å². The van der Waals surface area contributed by atoms with Crippen molar-refractivity contribution in [3.8, 4) is 0 Å². The van der Waals surface area contributed by atoms with Crippen LogP contribution in [-0.2, 0) is 18.8 Å². The van der Waals surface area contributed by atoms with E-state index in [2.05, 4.69) is 48.5 Å². The summed E-state index contributed by atoms with van der Waals surface area (Å²) in [7, 11) is -0.160. The maximum Gasteiger partial charge on any atom is 0.464 e. The first-order chi connectivity index (χ1) is 13.8. The number of hydrogen-bond donors (Lipinski definition) is 0. The summed E-state index contributed by atoms with van der Waals surface area (Å²) in [6.07, 6.45) is 3.97. The zero-order valence-corrected chi connectivity index (χ0v) is 16.0. The Balaban J connectivity index is 1.27. The van der Waals surface area contributed by atoms with Crippen molar-refractivity contribution in [3.63, 3.8) is 0 Å². The first-order valence-corrected chi connectivity index (χ1v) is 10.5. The smallest absolute Gasteiger partial charge is 0.401 e. The fourth-order valence-corrected chi connectivity index (χ4v) is 5.55. The van der Waals surface area contributed by atoms with Crippen LogP contribution in [0.15, 0.2) is 60.7 Å². The van der Waals surface area contributed by atoms with E-state index < -0.39 is 0 Å². The first kappa shape index (κ1) is 17.2. The first-order valence-electron chi connectivity index (χ1n) is 10.5. The molecule has 2 aliphatic carbocycles. The Hall–Kier alpha value is -1.66. The SMILES string of the molecule is c1ccc([C@@H]2OB([C@@]34CCC5(C[C@@H]3C4)OCCO5)O[C@H]2c2ccccc2)cc1. The van der Waals surface area contributed by atoms with Crippen LogP contribution in [0.4, 0.5) is 0 Å². The summed E-state index contributed by atoms with van der Waals surface area (Å²) in [6, 6.07) is 21.0. The summed E-state index contributed by atoms with van der Waals surface area (Å²) in [5.41, 5.74) is 2.37. The van der Waals surface area contributed by atoms with Crippen LogP contribution in [0.2, 0.25) is 5.31 Å². The lowest BCUT2D eigenvalue weighted by atomic mass is 9.61. The molecule has 0 aromatic heterocycles. The van der Waals surface area contributed by atoms with Crippen molar-refractivity contribution in [1.29, 1.82) is 0 Å². The van der Waals surface area contributed by atoms with E-state index in [1.54, 1.807) is 0 Å². The van der Waals surface area contributed by atoms with Gasteiger partial charge in [-0.05, 0) is 29.9 Å². The molecule has 0 amide bonds. The predicted octanol–water partition coefficient (Wildman–Crippen LogP) is 4.69. The second-order valence-corrected chi connectivity index (χ2v) is 8.71. The van der Waals surface area contributed by atoms with Gasteiger partial charge in [-0.2, -0.15) is 0 Å². The molecule has 2 heterocycles. The van der Waals surface area contributed by atoms with Crippen molar-refractivity contribution in [3.05, 3.63) is 71.8 Å². The van der Waals surface area contributed by atoms with Gasteiger partial charge in [-0.3, -0.25) is 0 Å². The highest BCUT2D eigenvalue weighted by Gasteiger charge is 2.70. The summed E-state index contributed by atoms with van der Waals surface area (Å²) in [6.45, 7) is 1.45. The van der Waals surface area contributed by atoms with E-state index in [9.17, 15) is 0 Å². The fourth-order valence-electron chi connectivity index (χ4n) is 5.55. The Labute approximate surface area is 166 Å². The molecule has 2 aliphatic heterocycles. The summed E-state index contributed by atoms with van der Waals surface area (Å²) in [5.74, 6) is 0.233. The minimum Gasteiger partial charge on any atom is -0.401 e. The molecule has 4 fully saturated rings. The van der Waals surface area contributed by atoms with E-state index in [0.717, 1.165) is 38.9 Å². The van der Waals surface area contributed by atoms with Crippen LogP contribution < -0.4 is 0 Å². The monoisotopic (exact) mass is 376 g/mol. The van der Waals surface area contributed by atoms with Gasteiger partial charge in [0.25, 0.3) is 0 Å². The van der Waals surface area contributed by atoms with Crippen molar-refractivity contribution >= 4 is 7.12 Å². The quantitative estimate of drug-likeness (QED) is 0.729. The van der Waals surface area contributed by atoms with Crippen LogP contribution in [0.5, 0.6) is 0 Å². The lowest BCUT2D eigenvalue weighted by Gasteiger charge is -2.35. The third-order valence-electron chi connectivity index (χ3n) is 7.16. The number of fused-ring (bicyclic) bond motifs is 1. The Morgan fingerprint density at radius 2 is 1.29 bits per heavy atom. The Morgan fingerprint density at radius 1 is 0.714 bits per heavy atom. The van der Waals surface area contributed by atoms with Crippen molar-refractivity contribution in [2.24, 2.45) is 5.92 Å². The van der Waals surface area contributed by atoms with Gasteiger partial charge in [0.2, 0.25) is 0 Å². The normalized spacial score (nSPS) is 35.9. The Kier molecular flexibility index (Phi) is 3.95. The van der Waals surface area contributed by atoms with Gasteiger partial charge in [0.1, 0.15) is 0 Å². The minimum absolute atomic E-state index is 0.0703. The summed E-state index contributed by atoms with van der Waals surface area (Å²) in [4.78, 5) is 0. The summed E-state index contributed by atoms with van der Waals surface area (Å²) < 4.78 is 25.2. The van der Waals surface area contributed by atoms with Gasteiger partial charge in [0.15, 0.2) is 5.79 Å².